The Morgan fingerprint density at radius 3 is 2.51 bits per heavy atom. The molecule has 3 aromatic rings. The SMILES string of the molecule is CCCC(COS(=O)(=O)c1ccccc1)Nc1nc(N)nc(C)c1Cc1ccc(C(=O)OCCCCN(C)C)cc1OC. The highest BCUT2D eigenvalue weighted by Crippen LogP contribution is 2.29. The van der Waals surface area contributed by atoms with E-state index in [1.807, 2.05) is 34.0 Å². The molecule has 0 saturated heterocycles. The summed E-state index contributed by atoms with van der Waals surface area (Å²) in [4.78, 5) is 23.6. The normalized spacial score (nSPS) is 12.2. The Morgan fingerprint density at radius 1 is 1.09 bits per heavy atom. The Labute approximate surface area is 254 Å². The third-order valence-electron chi connectivity index (χ3n) is 6.79. The third kappa shape index (κ3) is 10.2. The Balaban J connectivity index is 1.77. The van der Waals surface area contributed by atoms with Gasteiger partial charge in [-0.15, -0.1) is 0 Å². The molecule has 0 amide bonds. The van der Waals surface area contributed by atoms with E-state index in [-0.39, 0.29) is 23.5 Å². The number of rotatable bonds is 17. The zero-order chi connectivity index (χ0) is 31.4. The van der Waals surface area contributed by atoms with E-state index in [1.54, 1.807) is 37.4 Å². The van der Waals surface area contributed by atoms with Crippen molar-refractivity contribution in [1.82, 2.24) is 14.9 Å². The van der Waals surface area contributed by atoms with Gasteiger partial charge in [0.25, 0.3) is 10.1 Å². The van der Waals surface area contributed by atoms with E-state index in [1.165, 1.54) is 12.1 Å². The molecule has 0 radical (unpaired) electrons. The Hall–Kier alpha value is -3.74. The lowest BCUT2D eigenvalue weighted by Gasteiger charge is -2.22. The van der Waals surface area contributed by atoms with E-state index in [4.69, 9.17) is 19.4 Å². The number of nitrogens with zero attached hydrogens (tertiary/aromatic N) is 3. The van der Waals surface area contributed by atoms with Crippen LogP contribution in [0.4, 0.5) is 11.8 Å². The molecule has 0 saturated carbocycles. The number of hydrogen-bond donors (Lipinski definition) is 2. The van der Waals surface area contributed by atoms with Crippen LogP contribution in [0.2, 0.25) is 0 Å². The number of nitrogen functional groups attached to an aromatic ring is 1. The molecule has 0 aliphatic rings. The van der Waals surface area contributed by atoms with Gasteiger partial charge < -0.3 is 25.4 Å². The summed E-state index contributed by atoms with van der Waals surface area (Å²) < 4.78 is 41.9. The largest absolute Gasteiger partial charge is 0.496 e. The number of benzene rings is 2. The standard InChI is InChI=1S/C31H43N5O6S/c1-6-12-25(21-42-43(38,39)26-13-8-7-9-14-26)34-29-27(22(2)33-31(32)35-29)19-23-15-16-24(20-28(23)40-5)30(37)41-18-11-10-17-36(3)4/h7-9,13-16,20,25H,6,10-12,17-19,21H2,1-5H3,(H3,32,33,34,35). The van der Waals surface area contributed by atoms with Gasteiger partial charge in [-0.1, -0.05) is 37.6 Å². The highest BCUT2D eigenvalue weighted by molar-refractivity contribution is 7.86. The van der Waals surface area contributed by atoms with Gasteiger partial charge in [-0.2, -0.15) is 13.4 Å². The second-order valence-corrected chi connectivity index (χ2v) is 12.1. The third-order valence-corrected chi connectivity index (χ3v) is 8.08. The number of aryl methyl sites for hydroxylation is 1. The molecule has 234 valence electrons. The monoisotopic (exact) mass is 613 g/mol. The predicted octanol–water partition coefficient (Wildman–Crippen LogP) is 4.45. The molecule has 3 rings (SSSR count). The van der Waals surface area contributed by atoms with Crippen molar-refractivity contribution >= 4 is 27.9 Å². The van der Waals surface area contributed by atoms with Crippen LogP contribution >= 0.6 is 0 Å². The zero-order valence-corrected chi connectivity index (χ0v) is 26.4. The molecule has 1 heterocycles. The van der Waals surface area contributed by atoms with Gasteiger partial charge in [-0.3, -0.25) is 4.18 Å². The second-order valence-electron chi connectivity index (χ2n) is 10.5. The first-order valence-electron chi connectivity index (χ1n) is 14.4. The molecule has 0 aliphatic carbocycles. The summed E-state index contributed by atoms with van der Waals surface area (Å²) in [6.45, 7) is 5.02. The summed E-state index contributed by atoms with van der Waals surface area (Å²) in [5, 5.41) is 3.34. The Bertz CT molecular complexity index is 1450. The van der Waals surface area contributed by atoms with Crippen LogP contribution < -0.4 is 15.8 Å². The molecule has 0 spiro atoms. The summed E-state index contributed by atoms with van der Waals surface area (Å²) in [5.74, 6) is 0.684. The van der Waals surface area contributed by atoms with E-state index in [0.29, 0.717) is 42.3 Å². The number of anilines is 2. The highest BCUT2D eigenvalue weighted by Gasteiger charge is 2.21. The number of unbranched alkanes of at least 4 members (excludes halogenated alkanes) is 1. The molecule has 2 aromatic carbocycles. The van der Waals surface area contributed by atoms with E-state index >= 15 is 0 Å². The van der Waals surface area contributed by atoms with E-state index in [2.05, 4.69) is 20.2 Å². The maximum absolute atomic E-state index is 12.7. The van der Waals surface area contributed by atoms with Crippen molar-refractivity contribution in [2.75, 3.05) is 52.0 Å². The zero-order valence-electron chi connectivity index (χ0n) is 25.6. The summed E-state index contributed by atoms with van der Waals surface area (Å²) >= 11 is 0. The molecule has 0 aliphatic heterocycles. The van der Waals surface area contributed by atoms with Crippen LogP contribution in [-0.2, 0) is 25.5 Å². The molecule has 0 fully saturated rings. The van der Waals surface area contributed by atoms with Crippen LogP contribution in [0.3, 0.4) is 0 Å². The summed E-state index contributed by atoms with van der Waals surface area (Å²) in [7, 11) is 1.63. The minimum absolute atomic E-state index is 0.0902. The first-order chi connectivity index (χ1) is 20.5. The van der Waals surface area contributed by atoms with Gasteiger partial charge in [0.1, 0.15) is 11.6 Å². The van der Waals surface area contributed by atoms with Crippen LogP contribution in [-0.4, -0.2) is 76.3 Å². The van der Waals surface area contributed by atoms with Crippen LogP contribution in [0.25, 0.3) is 0 Å². The molecule has 1 unspecified atom stereocenters. The summed E-state index contributed by atoms with van der Waals surface area (Å²) in [6.07, 6.45) is 3.51. The maximum Gasteiger partial charge on any atom is 0.338 e. The molecule has 3 N–H and O–H groups in total. The van der Waals surface area contributed by atoms with Crippen molar-refractivity contribution in [2.45, 2.75) is 56.9 Å². The number of nitrogens with two attached hydrogens (primary N) is 1. The van der Waals surface area contributed by atoms with E-state index in [0.717, 1.165) is 36.9 Å². The van der Waals surface area contributed by atoms with Crippen molar-refractivity contribution in [1.29, 1.82) is 0 Å². The Morgan fingerprint density at radius 2 is 1.84 bits per heavy atom. The lowest BCUT2D eigenvalue weighted by Crippen LogP contribution is -2.28. The number of hydrogen-bond acceptors (Lipinski definition) is 11. The van der Waals surface area contributed by atoms with Gasteiger partial charge in [-0.25, -0.2) is 9.78 Å². The minimum atomic E-state index is -3.93. The number of esters is 1. The minimum Gasteiger partial charge on any atom is -0.496 e. The molecule has 11 nitrogen and oxygen atoms in total. The number of methoxy groups -OCH3 is 1. The number of aromatic nitrogens is 2. The average Bonchev–Trinajstić information content (AvgIpc) is 2.97. The number of ether oxygens (including phenoxy) is 2. The van der Waals surface area contributed by atoms with E-state index in [9.17, 15) is 13.2 Å². The first kappa shape index (κ1) is 33.8. The van der Waals surface area contributed by atoms with Crippen molar-refractivity contribution in [2.24, 2.45) is 0 Å². The van der Waals surface area contributed by atoms with Gasteiger partial charge >= 0.3 is 5.97 Å². The van der Waals surface area contributed by atoms with Gasteiger partial charge in [-0.05, 0) is 76.7 Å². The lowest BCUT2D eigenvalue weighted by molar-refractivity contribution is 0.0496. The van der Waals surface area contributed by atoms with Crippen LogP contribution in [0.1, 0.15) is 59.8 Å². The second kappa shape index (κ2) is 16.2. The molecule has 12 heteroatoms. The molecule has 43 heavy (non-hydrogen) atoms. The number of carbonyl (C=O) groups excluding carboxylic acids is 1. The van der Waals surface area contributed by atoms with Crippen LogP contribution in [0, 0.1) is 6.92 Å². The van der Waals surface area contributed by atoms with Crippen LogP contribution in [0.15, 0.2) is 53.4 Å². The molecular formula is C31H43N5O6S. The van der Waals surface area contributed by atoms with E-state index < -0.39 is 16.1 Å². The predicted molar refractivity (Wildman–Crippen MR) is 167 cm³/mol. The maximum atomic E-state index is 12.7. The quantitative estimate of drug-likeness (QED) is 0.126. The molecule has 1 aromatic heterocycles. The van der Waals surface area contributed by atoms with Gasteiger partial charge in [0.15, 0.2) is 0 Å². The summed E-state index contributed by atoms with van der Waals surface area (Å²) in [6, 6.07) is 12.9. The fourth-order valence-electron chi connectivity index (χ4n) is 4.50. The topological polar surface area (TPSA) is 146 Å². The fraction of sp³-hybridized carbons (Fsp3) is 0.452. The van der Waals surface area contributed by atoms with Gasteiger partial charge in [0, 0.05) is 17.7 Å². The van der Waals surface area contributed by atoms with Gasteiger partial charge in [0.05, 0.1) is 36.8 Å². The molecule has 1 atom stereocenters. The molecular weight excluding hydrogens is 570 g/mol. The Kier molecular flexibility index (Phi) is 12.7. The summed E-state index contributed by atoms with van der Waals surface area (Å²) in [5.41, 5.74) is 8.63. The van der Waals surface area contributed by atoms with Crippen molar-refractivity contribution in [3.05, 3.63) is 70.9 Å². The molecule has 0 bridgehead atoms. The average molecular weight is 614 g/mol. The number of carbonyl (C=O) groups is 1. The smallest absolute Gasteiger partial charge is 0.338 e. The van der Waals surface area contributed by atoms with Gasteiger partial charge in [0.2, 0.25) is 5.95 Å². The number of nitrogens with one attached hydrogen (secondary N) is 1. The van der Waals surface area contributed by atoms with Crippen LogP contribution in [0.5, 0.6) is 5.75 Å². The van der Waals surface area contributed by atoms with Crippen molar-refractivity contribution < 1.29 is 26.9 Å². The first-order valence-corrected chi connectivity index (χ1v) is 15.8. The van der Waals surface area contributed by atoms with Crippen molar-refractivity contribution in [3.8, 4) is 5.75 Å². The van der Waals surface area contributed by atoms with Crippen molar-refractivity contribution in [3.63, 3.8) is 0 Å². The fourth-order valence-corrected chi connectivity index (χ4v) is 5.47. The lowest BCUT2D eigenvalue weighted by atomic mass is 10.0. The highest BCUT2D eigenvalue weighted by atomic mass is 32.2.